The van der Waals surface area contributed by atoms with E-state index in [4.69, 9.17) is 16.6 Å². The molecule has 0 aliphatic rings. The largest absolute Gasteiger partial charge is 0.308 e. The number of benzene rings is 2. The Balaban J connectivity index is 1.94. The van der Waals surface area contributed by atoms with E-state index in [-0.39, 0.29) is 5.56 Å². The molecule has 1 aromatic heterocycles. The summed E-state index contributed by atoms with van der Waals surface area (Å²) in [6, 6.07) is 15.3. The normalized spacial score (nSPS) is 11.4. The first-order valence-electron chi connectivity index (χ1n) is 8.06. The van der Waals surface area contributed by atoms with Gasteiger partial charge in [0.05, 0.1) is 10.9 Å². The third-order valence-electron chi connectivity index (χ3n) is 3.88. The Bertz CT molecular complexity index is 922. The first-order valence-corrected chi connectivity index (χ1v) is 9.42. The molecule has 25 heavy (non-hydrogen) atoms. The molecule has 0 saturated carbocycles. The Morgan fingerprint density at radius 2 is 1.84 bits per heavy atom. The molecule has 0 amide bonds. The first-order chi connectivity index (χ1) is 12.0. The molecule has 130 valence electrons. The second kappa shape index (κ2) is 8.04. The molecule has 0 aliphatic carbocycles. The molecule has 3 rings (SSSR count). The van der Waals surface area contributed by atoms with E-state index < -0.39 is 0 Å². The molecule has 0 fully saturated rings. The summed E-state index contributed by atoms with van der Waals surface area (Å²) >= 11 is 7.52. The number of thioether (sulfide) groups is 1. The highest BCUT2D eigenvalue weighted by Crippen LogP contribution is 2.23. The second-order valence-corrected chi connectivity index (χ2v) is 7.47. The van der Waals surface area contributed by atoms with E-state index in [0.717, 1.165) is 33.6 Å². The predicted octanol–water partition coefficient (Wildman–Crippen LogP) is 3.90. The molecule has 2 aromatic carbocycles. The topological polar surface area (TPSA) is 38.1 Å². The fraction of sp³-hybridized carbons (Fsp3) is 0.263. The van der Waals surface area contributed by atoms with Gasteiger partial charge >= 0.3 is 0 Å². The molecule has 0 aliphatic heterocycles. The molecule has 0 saturated heterocycles. The van der Waals surface area contributed by atoms with Crippen LogP contribution >= 0.6 is 23.4 Å². The summed E-state index contributed by atoms with van der Waals surface area (Å²) in [7, 11) is 4.00. The van der Waals surface area contributed by atoms with Gasteiger partial charge in [0, 0.05) is 23.9 Å². The molecule has 0 bridgehead atoms. The van der Waals surface area contributed by atoms with E-state index in [0.29, 0.717) is 11.9 Å². The van der Waals surface area contributed by atoms with Crippen molar-refractivity contribution in [3.8, 4) is 0 Å². The van der Waals surface area contributed by atoms with Crippen LogP contribution in [0.4, 0.5) is 0 Å². The minimum Gasteiger partial charge on any atom is -0.308 e. The zero-order valence-corrected chi connectivity index (χ0v) is 15.8. The van der Waals surface area contributed by atoms with Crippen LogP contribution < -0.4 is 5.56 Å². The maximum absolute atomic E-state index is 12.9. The van der Waals surface area contributed by atoms with Crippen molar-refractivity contribution in [2.24, 2.45) is 0 Å². The monoisotopic (exact) mass is 373 g/mol. The Labute approximate surface area is 156 Å². The number of hydrogen-bond donors (Lipinski definition) is 0. The van der Waals surface area contributed by atoms with E-state index in [1.54, 1.807) is 16.3 Å². The van der Waals surface area contributed by atoms with Gasteiger partial charge in [-0.15, -0.1) is 0 Å². The predicted molar refractivity (Wildman–Crippen MR) is 106 cm³/mol. The maximum Gasteiger partial charge on any atom is 0.262 e. The van der Waals surface area contributed by atoms with Crippen molar-refractivity contribution < 1.29 is 0 Å². The zero-order valence-electron chi connectivity index (χ0n) is 14.3. The molecule has 4 nitrogen and oxygen atoms in total. The minimum atomic E-state index is 0.0195. The highest BCUT2D eigenvalue weighted by Gasteiger charge is 2.12. The fourth-order valence-electron chi connectivity index (χ4n) is 2.48. The van der Waals surface area contributed by atoms with Gasteiger partial charge in [-0.25, -0.2) is 4.98 Å². The van der Waals surface area contributed by atoms with Crippen molar-refractivity contribution in [3.63, 3.8) is 0 Å². The first kappa shape index (κ1) is 18.0. The Hall–Kier alpha value is -1.82. The van der Waals surface area contributed by atoms with Gasteiger partial charge in [0.25, 0.3) is 5.56 Å². The number of nitrogens with zero attached hydrogens (tertiary/aromatic N) is 3. The van der Waals surface area contributed by atoms with Crippen LogP contribution in [0, 0.1) is 0 Å². The number of hydrogen-bond acceptors (Lipinski definition) is 4. The minimum absolute atomic E-state index is 0.0195. The van der Waals surface area contributed by atoms with Crippen LogP contribution in [0.1, 0.15) is 5.56 Å². The standard InChI is InChI=1S/C19H20ClN3OS/c1-22(2)11-12-23-18(24)16-5-3-4-6-17(16)21-19(23)25-13-14-7-9-15(20)10-8-14/h3-10H,11-13H2,1-2H3. The number of rotatable bonds is 6. The van der Waals surface area contributed by atoms with Crippen LogP contribution in [-0.4, -0.2) is 35.1 Å². The van der Waals surface area contributed by atoms with Crippen molar-refractivity contribution in [1.82, 2.24) is 14.5 Å². The van der Waals surface area contributed by atoms with Gasteiger partial charge in [0.1, 0.15) is 0 Å². The summed E-state index contributed by atoms with van der Waals surface area (Å²) in [4.78, 5) is 19.7. The molecular weight excluding hydrogens is 354 g/mol. The van der Waals surface area contributed by atoms with Crippen molar-refractivity contribution in [3.05, 3.63) is 69.5 Å². The van der Waals surface area contributed by atoms with Crippen molar-refractivity contribution in [1.29, 1.82) is 0 Å². The van der Waals surface area contributed by atoms with Gasteiger partial charge in [-0.2, -0.15) is 0 Å². The Kier molecular flexibility index (Phi) is 5.78. The number of likely N-dealkylation sites (N-methyl/N-ethyl adjacent to an activating group) is 1. The van der Waals surface area contributed by atoms with Crippen molar-refractivity contribution >= 4 is 34.3 Å². The molecule has 0 N–H and O–H groups in total. The Morgan fingerprint density at radius 1 is 1.12 bits per heavy atom. The van der Waals surface area contributed by atoms with Gasteiger partial charge in [0.15, 0.2) is 5.16 Å². The van der Waals surface area contributed by atoms with E-state index in [1.165, 1.54) is 0 Å². The van der Waals surface area contributed by atoms with Gasteiger partial charge in [-0.3, -0.25) is 9.36 Å². The van der Waals surface area contributed by atoms with Gasteiger partial charge in [-0.1, -0.05) is 47.6 Å². The summed E-state index contributed by atoms with van der Waals surface area (Å²) in [6.45, 7) is 1.40. The number of halogens is 1. The summed E-state index contributed by atoms with van der Waals surface area (Å²) < 4.78 is 1.78. The molecule has 0 atom stereocenters. The lowest BCUT2D eigenvalue weighted by Gasteiger charge is -2.15. The maximum atomic E-state index is 12.9. The van der Waals surface area contributed by atoms with Crippen LogP contribution in [0.15, 0.2) is 58.5 Å². The lowest BCUT2D eigenvalue weighted by molar-refractivity contribution is 0.371. The highest BCUT2D eigenvalue weighted by atomic mass is 35.5. The average Bonchev–Trinajstić information content (AvgIpc) is 2.60. The summed E-state index contributed by atoms with van der Waals surface area (Å²) in [5.41, 5.74) is 1.91. The van der Waals surface area contributed by atoms with Crippen LogP contribution in [0.25, 0.3) is 10.9 Å². The van der Waals surface area contributed by atoms with E-state index in [2.05, 4.69) is 4.90 Å². The number of aromatic nitrogens is 2. The SMILES string of the molecule is CN(C)CCn1c(SCc2ccc(Cl)cc2)nc2ccccc2c1=O. The highest BCUT2D eigenvalue weighted by molar-refractivity contribution is 7.98. The van der Waals surface area contributed by atoms with Crippen LogP contribution in [0.2, 0.25) is 5.02 Å². The third-order valence-corrected chi connectivity index (χ3v) is 5.18. The summed E-state index contributed by atoms with van der Waals surface area (Å²) in [5.74, 6) is 0.740. The second-order valence-electron chi connectivity index (χ2n) is 6.09. The van der Waals surface area contributed by atoms with Crippen molar-refractivity contribution in [2.75, 3.05) is 20.6 Å². The zero-order chi connectivity index (χ0) is 17.8. The third kappa shape index (κ3) is 4.42. The molecule has 0 unspecified atom stereocenters. The molecule has 3 aromatic rings. The molecular formula is C19H20ClN3OS. The van der Waals surface area contributed by atoms with Gasteiger partial charge < -0.3 is 4.90 Å². The van der Waals surface area contributed by atoms with Crippen LogP contribution in [-0.2, 0) is 12.3 Å². The summed E-state index contributed by atoms with van der Waals surface area (Å²) in [6.07, 6.45) is 0. The smallest absolute Gasteiger partial charge is 0.262 e. The van der Waals surface area contributed by atoms with Crippen LogP contribution in [0.5, 0.6) is 0 Å². The molecule has 0 radical (unpaired) electrons. The van der Waals surface area contributed by atoms with Gasteiger partial charge in [-0.05, 0) is 43.9 Å². The van der Waals surface area contributed by atoms with E-state index in [9.17, 15) is 4.79 Å². The quantitative estimate of drug-likeness (QED) is 0.485. The summed E-state index contributed by atoms with van der Waals surface area (Å²) in [5, 5.41) is 2.14. The lowest BCUT2D eigenvalue weighted by atomic mass is 10.2. The number of fused-ring (bicyclic) bond motifs is 1. The fourth-order valence-corrected chi connectivity index (χ4v) is 3.59. The van der Waals surface area contributed by atoms with Crippen molar-refractivity contribution in [2.45, 2.75) is 17.5 Å². The van der Waals surface area contributed by atoms with E-state index in [1.807, 2.05) is 62.6 Å². The average molecular weight is 374 g/mol. The number of para-hydroxylation sites is 1. The lowest BCUT2D eigenvalue weighted by Crippen LogP contribution is -2.28. The van der Waals surface area contributed by atoms with Gasteiger partial charge in [0.2, 0.25) is 0 Å². The van der Waals surface area contributed by atoms with E-state index >= 15 is 0 Å². The Morgan fingerprint density at radius 3 is 2.56 bits per heavy atom. The molecule has 6 heteroatoms. The molecule has 0 spiro atoms. The van der Waals surface area contributed by atoms with Crippen LogP contribution in [0.3, 0.4) is 0 Å². The molecule has 1 heterocycles.